The van der Waals surface area contributed by atoms with E-state index in [1.54, 1.807) is 11.8 Å². The summed E-state index contributed by atoms with van der Waals surface area (Å²) in [7, 11) is 0. The summed E-state index contributed by atoms with van der Waals surface area (Å²) in [5.74, 6) is 0.572. The van der Waals surface area contributed by atoms with Gasteiger partial charge in [0.25, 0.3) is 5.56 Å². The maximum absolute atomic E-state index is 12.5. The van der Waals surface area contributed by atoms with Crippen LogP contribution < -0.4 is 11.2 Å². The van der Waals surface area contributed by atoms with Crippen LogP contribution in [0.15, 0.2) is 31.6 Å². The zero-order valence-electron chi connectivity index (χ0n) is 14.3. The Hall–Kier alpha value is -1.75. The molecule has 1 aliphatic heterocycles. The van der Waals surface area contributed by atoms with Crippen molar-refractivity contribution in [1.82, 2.24) is 9.55 Å². The van der Waals surface area contributed by atoms with Gasteiger partial charge in [0.1, 0.15) is 0 Å². The molecule has 1 aromatic carbocycles. The van der Waals surface area contributed by atoms with Gasteiger partial charge < -0.3 is 0 Å². The standard InChI is InChI=1S/C19H22N2O2S/c1-10-7-11(2)15-12(3)16-17(22)20-19(23)21(9-13-5-4-6-13)18(16)24-14(15)8-10/h7-8,12-13H,4-6,9H2,1-3H3,(H,20,22,23). The molecule has 0 bridgehead atoms. The van der Waals surface area contributed by atoms with Crippen LogP contribution in [0.1, 0.15) is 54.4 Å². The molecule has 1 aliphatic carbocycles. The van der Waals surface area contributed by atoms with Crippen molar-refractivity contribution in [3.05, 3.63) is 55.2 Å². The quantitative estimate of drug-likeness (QED) is 0.849. The molecule has 1 fully saturated rings. The third-order valence-electron chi connectivity index (χ3n) is 5.42. The van der Waals surface area contributed by atoms with Crippen molar-refractivity contribution in [3.63, 3.8) is 0 Å². The van der Waals surface area contributed by atoms with Crippen molar-refractivity contribution in [3.8, 4) is 0 Å². The first kappa shape index (κ1) is 15.8. The summed E-state index contributed by atoms with van der Waals surface area (Å²) in [4.78, 5) is 28.7. The summed E-state index contributed by atoms with van der Waals surface area (Å²) in [6.45, 7) is 6.99. The van der Waals surface area contributed by atoms with Crippen LogP contribution in [0.3, 0.4) is 0 Å². The molecule has 1 aromatic heterocycles. The number of hydrogen-bond donors (Lipinski definition) is 1. The Morgan fingerprint density at radius 2 is 1.96 bits per heavy atom. The zero-order chi connectivity index (χ0) is 17.0. The number of aromatic amines is 1. The first-order chi connectivity index (χ1) is 11.5. The second kappa shape index (κ2) is 5.66. The van der Waals surface area contributed by atoms with Crippen LogP contribution in [0.2, 0.25) is 0 Å². The fourth-order valence-electron chi connectivity index (χ4n) is 3.99. The molecule has 0 radical (unpaired) electrons. The van der Waals surface area contributed by atoms with Gasteiger partial charge in [0.15, 0.2) is 0 Å². The highest BCUT2D eigenvalue weighted by atomic mass is 32.2. The predicted molar refractivity (Wildman–Crippen MR) is 96.2 cm³/mol. The number of nitrogens with zero attached hydrogens (tertiary/aromatic N) is 1. The van der Waals surface area contributed by atoms with Gasteiger partial charge in [-0.2, -0.15) is 0 Å². The molecule has 1 N–H and O–H groups in total. The van der Waals surface area contributed by atoms with Crippen LogP contribution in [0, 0.1) is 19.8 Å². The van der Waals surface area contributed by atoms with Crippen LogP contribution in [0.25, 0.3) is 0 Å². The topological polar surface area (TPSA) is 54.9 Å². The Morgan fingerprint density at radius 1 is 1.21 bits per heavy atom. The number of hydrogen-bond acceptors (Lipinski definition) is 3. The lowest BCUT2D eigenvalue weighted by atomic mass is 9.85. The lowest BCUT2D eigenvalue weighted by Gasteiger charge is -2.31. The van der Waals surface area contributed by atoms with Crippen molar-refractivity contribution in [2.75, 3.05) is 0 Å². The lowest BCUT2D eigenvalue weighted by molar-refractivity contribution is 0.263. The molecule has 2 aromatic rings. The van der Waals surface area contributed by atoms with E-state index < -0.39 is 0 Å². The summed E-state index contributed by atoms with van der Waals surface area (Å²) < 4.78 is 1.81. The van der Waals surface area contributed by atoms with Crippen molar-refractivity contribution in [2.24, 2.45) is 5.92 Å². The van der Waals surface area contributed by atoms with Gasteiger partial charge in [0, 0.05) is 17.4 Å². The Balaban J connectivity index is 1.91. The molecule has 2 aliphatic rings. The molecular weight excluding hydrogens is 320 g/mol. The van der Waals surface area contributed by atoms with Gasteiger partial charge >= 0.3 is 5.69 Å². The van der Waals surface area contributed by atoms with Crippen molar-refractivity contribution >= 4 is 11.8 Å². The Morgan fingerprint density at radius 3 is 2.62 bits per heavy atom. The fraction of sp³-hybridized carbons (Fsp3) is 0.474. The van der Waals surface area contributed by atoms with E-state index >= 15 is 0 Å². The molecular formula is C19H22N2O2S. The molecule has 0 amide bonds. The van der Waals surface area contributed by atoms with E-state index in [4.69, 9.17) is 0 Å². The molecule has 1 saturated carbocycles. The van der Waals surface area contributed by atoms with Crippen LogP contribution in [0.5, 0.6) is 0 Å². The highest BCUT2D eigenvalue weighted by Crippen LogP contribution is 2.45. The number of nitrogens with one attached hydrogen (secondary N) is 1. The van der Waals surface area contributed by atoms with Gasteiger partial charge in [-0.05, 0) is 55.4 Å². The molecule has 1 atom stereocenters. The van der Waals surface area contributed by atoms with Crippen LogP contribution in [0.4, 0.5) is 0 Å². The molecule has 126 valence electrons. The van der Waals surface area contributed by atoms with Crippen LogP contribution in [-0.2, 0) is 6.54 Å². The van der Waals surface area contributed by atoms with E-state index in [-0.39, 0.29) is 17.2 Å². The van der Waals surface area contributed by atoms with E-state index in [1.165, 1.54) is 40.8 Å². The summed E-state index contributed by atoms with van der Waals surface area (Å²) in [5.41, 5.74) is 3.90. The highest BCUT2D eigenvalue weighted by molar-refractivity contribution is 7.99. The highest BCUT2D eigenvalue weighted by Gasteiger charge is 2.31. The molecule has 0 spiro atoms. The van der Waals surface area contributed by atoms with E-state index in [0.29, 0.717) is 5.92 Å². The summed E-state index contributed by atoms with van der Waals surface area (Å²) >= 11 is 1.59. The van der Waals surface area contributed by atoms with Gasteiger partial charge in [-0.25, -0.2) is 4.79 Å². The second-order valence-corrected chi connectivity index (χ2v) is 8.23. The van der Waals surface area contributed by atoms with E-state index in [1.807, 2.05) is 4.57 Å². The zero-order valence-corrected chi connectivity index (χ0v) is 15.1. The maximum atomic E-state index is 12.5. The Kier molecular flexibility index (Phi) is 3.71. The minimum atomic E-state index is -0.266. The van der Waals surface area contributed by atoms with E-state index in [9.17, 15) is 9.59 Å². The number of rotatable bonds is 2. The average Bonchev–Trinajstić information content (AvgIpc) is 2.43. The van der Waals surface area contributed by atoms with Gasteiger partial charge in [-0.1, -0.05) is 31.2 Å². The van der Waals surface area contributed by atoms with E-state index in [2.05, 4.69) is 37.9 Å². The molecule has 0 saturated heterocycles. The van der Waals surface area contributed by atoms with Gasteiger partial charge in [0.05, 0.1) is 10.6 Å². The number of aryl methyl sites for hydroxylation is 2. The van der Waals surface area contributed by atoms with Gasteiger partial charge in [-0.15, -0.1) is 0 Å². The normalized spacial score (nSPS) is 19.5. The molecule has 4 rings (SSSR count). The molecule has 1 unspecified atom stereocenters. The van der Waals surface area contributed by atoms with Crippen LogP contribution in [-0.4, -0.2) is 9.55 Å². The number of fused-ring (bicyclic) bond motifs is 2. The van der Waals surface area contributed by atoms with Gasteiger partial charge in [-0.3, -0.25) is 14.3 Å². The third kappa shape index (κ3) is 2.37. The summed E-state index contributed by atoms with van der Waals surface area (Å²) in [5, 5.41) is 0.848. The number of aromatic nitrogens is 2. The second-order valence-electron chi connectivity index (χ2n) is 7.20. The number of H-pyrrole nitrogens is 1. The van der Waals surface area contributed by atoms with Crippen LogP contribution >= 0.6 is 11.8 Å². The molecule has 2 heterocycles. The third-order valence-corrected chi connectivity index (χ3v) is 6.61. The monoisotopic (exact) mass is 342 g/mol. The smallest absolute Gasteiger partial charge is 0.287 e. The first-order valence-corrected chi connectivity index (χ1v) is 9.43. The summed E-state index contributed by atoms with van der Waals surface area (Å²) in [6.07, 6.45) is 3.60. The predicted octanol–water partition coefficient (Wildman–Crippen LogP) is 3.57. The van der Waals surface area contributed by atoms with E-state index in [0.717, 1.165) is 17.1 Å². The minimum absolute atomic E-state index is 0.00819. The summed E-state index contributed by atoms with van der Waals surface area (Å²) in [6, 6.07) is 4.34. The average molecular weight is 342 g/mol. The molecule has 5 heteroatoms. The first-order valence-electron chi connectivity index (χ1n) is 8.61. The minimum Gasteiger partial charge on any atom is -0.287 e. The Bertz CT molecular complexity index is 938. The van der Waals surface area contributed by atoms with Crippen molar-refractivity contribution < 1.29 is 0 Å². The Labute approximate surface area is 145 Å². The largest absolute Gasteiger partial charge is 0.329 e. The SMILES string of the molecule is Cc1cc(C)c2c(c1)Sc1c(c(=O)[nH]c(=O)n1CC1CCC1)C2C. The number of benzene rings is 1. The molecule has 24 heavy (non-hydrogen) atoms. The molecule has 4 nitrogen and oxygen atoms in total. The van der Waals surface area contributed by atoms with Gasteiger partial charge in [0.2, 0.25) is 0 Å². The van der Waals surface area contributed by atoms with Crippen molar-refractivity contribution in [2.45, 2.75) is 62.4 Å². The maximum Gasteiger partial charge on any atom is 0.329 e. The lowest BCUT2D eigenvalue weighted by Crippen LogP contribution is -2.38. The van der Waals surface area contributed by atoms with Crippen molar-refractivity contribution in [1.29, 1.82) is 0 Å². The fourth-order valence-corrected chi connectivity index (χ4v) is 5.53.